The van der Waals surface area contributed by atoms with Crippen LogP contribution in [0.4, 0.5) is 23.0 Å². The fourth-order valence-electron chi connectivity index (χ4n) is 3.96. The van der Waals surface area contributed by atoms with Crippen LogP contribution in [0.5, 0.6) is 0 Å². The first kappa shape index (κ1) is 19.2. The fourth-order valence-corrected chi connectivity index (χ4v) is 3.96. The maximum Gasteiger partial charge on any atom is 0.335 e. The van der Waals surface area contributed by atoms with Gasteiger partial charge in [0.25, 0.3) is 0 Å². The molecule has 1 saturated heterocycles. The van der Waals surface area contributed by atoms with Crippen LogP contribution in [0.2, 0.25) is 0 Å². The molecule has 29 heavy (non-hydrogen) atoms. The summed E-state index contributed by atoms with van der Waals surface area (Å²) in [5, 5.41) is 12.3. The minimum Gasteiger partial charge on any atom is -0.478 e. The van der Waals surface area contributed by atoms with Crippen LogP contribution in [0.3, 0.4) is 0 Å². The molecule has 2 aliphatic rings. The molecule has 1 amide bonds. The summed E-state index contributed by atoms with van der Waals surface area (Å²) in [4.78, 5) is 32.4. The Morgan fingerprint density at radius 1 is 1.17 bits per heavy atom. The summed E-state index contributed by atoms with van der Waals surface area (Å²) in [5.41, 5.74) is 1.76. The van der Waals surface area contributed by atoms with Gasteiger partial charge in [0.05, 0.1) is 11.3 Å². The van der Waals surface area contributed by atoms with Crippen LogP contribution in [0.15, 0.2) is 36.4 Å². The van der Waals surface area contributed by atoms with E-state index < -0.39 is 5.97 Å². The van der Waals surface area contributed by atoms with Crippen LogP contribution in [0, 0.1) is 0 Å². The molecule has 1 aromatic heterocycles. The van der Waals surface area contributed by atoms with E-state index >= 15 is 0 Å². The van der Waals surface area contributed by atoms with Crippen molar-refractivity contribution in [2.24, 2.45) is 0 Å². The van der Waals surface area contributed by atoms with Gasteiger partial charge < -0.3 is 25.0 Å². The Morgan fingerprint density at radius 2 is 1.86 bits per heavy atom. The molecule has 0 aliphatic carbocycles. The average molecular weight is 396 g/mol. The Kier molecular flexibility index (Phi) is 5.10. The topological polar surface area (TPSA) is 95.0 Å². The molecule has 0 unspecified atom stereocenters. The van der Waals surface area contributed by atoms with Crippen LogP contribution in [0.25, 0.3) is 0 Å². The second-order valence-electron chi connectivity index (χ2n) is 7.37. The predicted octanol–water partition coefficient (Wildman–Crippen LogP) is 2.87. The number of rotatable bonds is 4. The van der Waals surface area contributed by atoms with Gasteiger partial charge in [0.15, 0.2) is 5.82 Å². The lowest BCUT2D eigenvalue weighted by molar-refractivity contribution is -0.119. The molecule has 1 atom stereocenters. The Morgan fingerprint density at radius 3 is 2.52 bits per heavy atom. The summed E-state index contributed by atoms with van der Waals surface area (Å²) in [6.07, 6.45) is 1.72. The van der Waals surface area contributed by atoms with Crippen molar-refractivity contribution in [2.45, 2.75) is 31.8 Å². The van der Waals surface area contributed by atoms with E-state index in [1.54, 1.807) is 36.2 Å². The van der Waals surface area contributed by atoms with Crippen LogP contribution in [-0.4, -0.2) is 54.3 Å². The smallest absolute Gasteiger partial charge is 0.335 e. The third-order valence-electron chi connectivity index (χ3n) is 5.55. The summed E-state index contributed by atoms with van der Waals surface area (Å²) in [7, 11) is 1.78. The molecule has 0 radical (unpaired) electrons. The van der Waals surface area contributed by atoms with Gasteiger partial charge in [0, 0.05) is 32.0 Å². The predicted molar refractivity (Wildman–Crippen MR) is 110 cm³/mol. The number of hydrogen-bond acceptors (Lipinski definition) is 6. The lowest BCUT2D eigenvalue weighted by Gasteiger charge is -2.44. The van der Waals surface area contributed by atoms with Gasteiger partial charge in [-0.2, -0.15) is 0 Å². The quantitative estimate of drug-likeness (QED) is 0.820. The first-order valence-corrected chi connectivity index (χ1v) is 9.71. The zero-order chi connectivity index (χ0) is 20.5. The van der Waals surface area contributed by atoms with Crippen molar-refractivity contribution in [1.29, 1.82) is 0 Å². The van der Waals surface area contributed by atoms with Gasteiger partial charge in [-0.15, -0.1) is 0 Å². The van der Waals surface area contributed by atoms with E-state index in [1.165, 1.54) is 0 Å². The summed E-state index contributed by atoms with van der Waals surface area (Å²) >= 11 is 0. The number of carboxylic acids is 1. The molecule has 0 bridgehead atoms. The van der Waals surface area contributed by atoms with Crippen molar-refractivity contribution >= 4 is 34.9 Å². The van der Waals surface area contributed by atoms with Gasteiger partial charge in [-0.05, 0) is 56.2 Å². The van der Waals surface area contributed by atoms with Crippen molar-refractivity contribution in [2.75, 3.05) is 35.4 Å². The zero-order valence-corrected chi connectivity index (χ0v) is 16.5. The Bertz CT molecular complexity index is 925. The number of carboxylic acid groups (broad SMARTS) is 1. The number of carbonyl (C=O) groups is 2. The monoisotopic (exact) mass is 396 g/mol. The molecule has 8 heteroatoms. The van der Waals surface area contributed by atoms with Crippen molar-refractivity contribution in [3.63, 3.8) is 0 Å². The van der Waals surface area contributed by atoms with Gasteiger partial charge in [0.2, 0.25) is 5.91 Å². The third-order valence-corrected chi connectivity index (χ3v) is 5.55. The highest BCUT2D eigenvalue weighted by molar-refractivity contribution is 6.04. The molecule has 2 aromatic rings. The molecule has 4 rings (SSSR count). The summed E-state index contributed by atoms with van der Waals surface area (Å²) in [5.74, 6) is 0.505. The van der Waals surface area contributed by atoms with E-state index in [0.29, 0.717) is 19.0 Å². The van der Waals surface area contributed by atoms with Crippen molar-refractivity contribution in [1.82, 2.24) is 4.98 Å². The van der Waals surface area contributed by atoms with Crippen molar-refractivity contribution < 1.29 is 19.4 Å². The minimum atomic E-state index is -0.961. The van der Waals surface area contributed by atoms with Gasteiger partial charge in [-0.25, -0.2) is 9.78 Å². The van der Waals surface area contributed by atoms with Crippen LogP contribution in [0.1, 0.15) is 30.1 Å². The molecule has 3 heterocycles. The third kappa shape index (κ3) is 3.63. The van der Waals surface area contributed by atoms with Gasteiger partial charge in [0.1, 0.15) is 11.9 Å². The summed E-state index contributed by atoms with van der Waals surface area (Å²) in [6, 6.07) is 10.1. The number of anilines is 4. The number of benzene rings is 1. The number of aromatic carboxylic acids is 1. The SMILES string of the molecule is C[C@@H]1C(=O)N(C)c2ccc(Nc3ccc(C(=O)O)cc3)nc2N1C1CCOCC1. The molecular formula is C21H24N4O4. The number of pyridine rings is 1. The number of hydrogen-bond donors (Lipinski definition) is 2. The molecule has 1 aromatic carbocycles. The molecule has 152 valence electrons. The highest BCUT2D eigenvalue weighted by atomic mass is 16.5. The van der Waals surface area contributed by atoms with E-state index in [-0.39, 0.29) is 23.6 Å². The normalized spacial score (nSPS) is 19.8. The molecule has 8 nitrogen and oxygen atoms in total. The number of nitrogens with zero attached hydrogens (tertiary/aromatic N) is 3. The number of amides is 1. The van der Waals surface area contributed by atoms with Crippen molar-refractivity contribution in [3.05, 3.63) is 42.0 Å². The van der Waals surface area contributed by atoms with E-state index in [9.17, 15) is 9.59 Å². The maximum atomic E-state index is 12.8. The number of nitrogens with one attached hydrogen (secondary N) is 1. The largest absolute Gasteiger partial charge is 0.478 e. The zero-order valence-electron chi connectivity index (χ0n) is 16.5. The number of fused-ring (bicyclic) bond motifs is 1. The molecular weight excluding hydrogens is 372 g/mol. The first-order valence-electron chi connectivity index (χ1n) is 9.71. The number of carbonyl (C=O) groups excluding carboxylic acids is 1. The second kappa shape index (κ2) is 7.71. The van der Waals surface area contributed by atoms with Crippen LogP contribution in [-0.2, 0) is 9.53 Å². The van der Waals surface area contributed by atoms with Crippen LogP contribution >= 0.6 is 0 Å². The lowest BCUT2D eigenvalue weighted by atomic mass is 10.0. The minimum absolute atomic E-state index is 0.0516. The van der Waals surface area contributed by atoms with Crippen molar-refractivity contribution in [3.8, 4) is 0 Å². The Labute approximate surface area is 169 Å². The van der Waals surface area contributed by atoms with Gasteiger partial charge in [-0.3, -0.25) is 4.79 Å². The standard InChI is InChI=1S/C21H24N4O4/c1-13-20(26)24(2)17-7-8-18(22-15-5-3-14(4-6-15)21(27)28)23-19(17)25(13)16-9-11-29-12-10-16/h3-8,13,16H,9-12H2,1-2H3,(H,22,23)(H,27,28)/t13-/m1/s1. The number of likely N-dealkylation sites (N-methyl/N-ethyl adjacent to an activating group) is 1. The van der Waals surface area contributed by atoms with E-state index in [2.05, 4.69) is 10.2 Å². The van der Waals surface area contributed by atoms with Gasteiger partial charge in [-0.1, -0.05) is 0 Å². The fraction of sp³-hybridized carbons (Fsp3) is 0.381. The molecule has 0 spiro atoms. The summed E-state index contributed by atoms with van der Waals surface area (Å²) in [6.45, 7) is 3.28. The van der Waals surface area contributed by atoms with E-state index in [4.69, 9.17) is 14.8 Å². The summed E-state index contributed by atoms with van der Waals surface area (Å²) < 4.78 is 5.49. The first-order chi connectivity index (χ1) is 14.0. The maximum absolute atomic E-state index is 12.8. The highest BCUT2D eigenvalue weighted by Crippen LogP contribution is 2.38. The molecule has 1 fully saturated rings. The highest BCUT2D eigenvalue weighted by Gasteiger charge is 2.39. The van der Waals surface area contributed by atoms with Crippen LogP contribution < -0.4 is 15.1 Å². The van der Waals surface area contributed by atoms with E-state index in [1.807, 2.05) is 19.1 Å². The lowest BCUT2D eigenvalue weighted by Crippen LogP contribution is -2.56. The second-order valence-corrected chi connectivity index (χ2v) is 7.37. The number of aromatic nitrogens is 1. The number of ether oxygens (including phenoxy) is 1. The Balaban J connectivity index is 1.66. The van der Waals surface area contributed by atoms with Gasteiger partial charge >= 0.3 is 5.97 Å². The van der Waals surface area contributed by atoms with E-state index in [0.717, 1.165) is 30.0 Å². The Hall–Kier alpha value is -3.13. The average Bonchev–Trinajstić information content (AvgIpc) is 2.73. The molecule has 0 saturated carbocycles. The molecule has 2 aliphatic heterocycles. The molecule has 2 N–H and O–H groups in total.